The van der Waals surface area contributed by atoms with Gasteiger partial charge in [0.25, 0.3) is 0 Å². The molecular weight excluding hydrogens is 426 g/mol. The third kappa shape index (κ3) is 4.94. The van der Waals surface area contributed by atoms with Gasteiger partial charge in [-0.3, -0.25) is 4.98 Å². The molecule has 170 valence electrons. The Morgan fingerprint density at radius 3 is 2.56 bits per heavy atom. The average Bonchev–Trinajstić information content (AvgIpc) is 2.80. The predicted molar refractivity (Wildman–Crippen MR) is 124 cm³/mol. The molecule has 1 saturated heterocycles. The van der Waals surface area contributed by atoms with Gasteiger partial charge in [-0.2, -0.15) is 4.31 Å². The van der Waals surface area contributed by atoms with Gasteiger partial charge in [-0.25, -0.2) is 8.42 Å². The predicted octanol–water partition coefficient (Wildman–Crippen LogP) is 2.63. The number of pyridine rings is 1. The molecule has 7 nitrogen and oxygen atoms in total. The second kappa shape index (κ2) is 9.54. The van der Waals surface area contributed by atoms with Crippen LogP contribution in [-0.2, 0) is 16.4 Å². The first-order chi connectivity index (χ1) is 15.3. The number of likely N-dealkylation sites (tertiary alicyclic amines) is 1. The zero-order valence-electron chi connectivity index (χ0n) is 18.1. The van der Waals surface area contributed by atoms with Crippen molar-refractivity contribution in [3.05, 3.63) is 66.5 Å². The lowest BCUT2D eigenvalue weighted by Crippen LogP contribution is -2.48. The van der Waals surface area contributed by atoms with Crippen LogP contribution >= 0.6 is 0 Å². The van der Waals surface area contributed by atoms with Crippen molar-refractivity contribution in [1.29, 1.82) is 0 Å². The zero-order valence-corrected chi connectivity index (χ0v) is 18.9. The second-order valence-corrected chi connectivity index (χ2v) is 10.4. The van der Waals surface area contributed by atoms with Gasteiger partial charge in [0.15, 0.2) is 0 Å². The van der Waals surface area contributed by atoms with E-state index in [1.807, 2.05) is 18.2 Å². The Morgan fingerprint density at radius 2 is 1.84 bits per heavy atom. The van der Waals surface area contributed by atoms with E-state index in [9.17, 15) is 18.6 Å². The fraction of sp³-hybridized carbons (Fsp3) is 0.375. The molecule has 2 N–H and O–H groups in total. The molecule has 1 aliphatic heterocycles. The number of aliphatic hydroxyl groups excluding tert-OH is 1. The summed E-state index contributed by atoms with van der Waals surface area (Å²) >= 11 is 0. The highest BCUT2D eigenvalue weighted by atomic mass is 32.2. The fourth-order valence-corrected chi connectivity index (χ4v) is 5.84. The first-order valence-corrected chi connectivity index (χ1v) is 12.3. The summed E-state index contributed by atoms with van der Waals surface area (Å²) in [6, 6.07) is 13.6. The number of aliphatic hydroxyl groups is 1. The van der Waals surface area contributed by atoms with Gasteiger partial charge in [-0.05, 0) is 49.1 Å². The number of rotatable bonds is 7. The molecule has 0 aliphatic carbocycles. The summed E-state index contributed by atoms with van der Waals surface area (Å²) in [4.78, 5) is 6.59. The molecule has 0 bridgehead atoms. The van der Waals surface area contributed by atoms with E-state index in [-0.39, 0.29) is 22.8 Å². The van der Waals surface area contributed by atoms with Crippen molar-refractivity contribution in [3.63, 3.8) is 0 Å². The van der Waals surface area contributed by atoms with Crippen molar-refractivity contribution in [2.45, 2.75) is 36.3 Å². The maximum Gasteiger partial charge on any atom is 0.243 e. The summed E-state index contributed by atoms with van der Waals surface area (Å²) in [6.07, 6.45) is 4.89. The summed E-state index contributed by atoms with van der Waals surface area (Å²) in [5.41, 5.74) is 0.953. The average molecular weight is 456 g/mol. The molecule has 2 heterocycles. The number of hydrogen-bond donors (Lipinski definition) is 2. The number of benzene rings is 2. The van der Waals surface area contributed by atoms with Gasteiger partial charge < -0.3 is 15.1 Å². The van der Waals surface area contributed by atoms with Crippen molar-refractivity contribution in [2.75, 3.05) is 26.7 Å². The molecule has 32 heavy (non-hydrogen) atoms. The van der Waals surface area contributed by atoms with E-state index in [1.165, 1.54) is 4.31 Å². The highest BCUT2D eigenvalue weighted by Crippen LogP contribution is 2.27. The first-order valence-electron chi connectivity index (χ1n) is 10.8. The molecule has 1 aromatic heterocycles. The van der Waals surface area contributed by atoms with Gasteiger partial charge in [0.2, 0.25) is 10.0 Å². The molecule has 0 spiro atoms. The normalized spacial score (nSPS) is 17.1. The molecule has 8 heteroatoms. The highest BCUT2D eigenvalue weighted by molar-refractivity contribution is 7.89. The molecule has 0 radical (unpaired) electrons. The number of piperidine rings is 1. The van der Waals surface area contributed by atoms with E-state index in [0.29, 0.717) is 31.2 Å². The van der Waals surface area contributed by atoms with Crippen LogP contribution in [0, 0.1) is 0 Å². The number of hydrogen-bond acceptors (Lipinski definition) is 6. The van der Waals surface area contributed by atoms with Crippen LogP contribution in [0.3, 0.4) is 0 Å². The van der Waals surface area contributed by atoms with Crippen LogP contribution in [0.5, 0.6) is 5.75 Å². The van der Waals surface area contributed by atoms with Gasteiger partial charge in [0.05, 0.1) is 11.0 Å². The van der Waals surface area contributed by atoms with Crippen molar-refractivity contribution in [1.82, 2.24) is 14.2 Å². The van der Waals surface area contributed by atoms with E-state index >= 15 is 0 Å². The monoisotopic (exact) mass is 455 g/mol. The molecule has 1 fully saturated rings. The van der Waals surface area contributed by atoms with Gasteiger partial charge >= 0.3 is 0 Å². The Hall–Kier alpha value is -2.52. The van der Waals surface area contributed by atoms with Gasteiger partial charge in [-0.15, -0.1) is 0 Å². The Labute approximate surface area is 189 Å². The number of likely N-dealkylation sites (N-methyl/N-ethyl adjacent to an activating group) is 1. The lowest BCUT2D eigenvalue weighted by molar-refractivity contribution is 0.0735. The van der Waals surface area contributed by atoms with Gasteiger partial charge in [-0.1, -0.05) is 24.3 Å². The Morgan fingerprint density at radius 1 is 1.12 bits per heavy atom. The Kier molecular flexibility index (Phi) is 6.76. The van der Waals surface area contributed by atoms with Crippen LogP contribution in [-0.4, -0.2) is 71.6 Å². The quantitative estimate of drug-likeness (QED) is 0.569. The molecule has 0 saturated carbocycles. The summed E-state index contributed by atoms with van der Waals surface area (Å²) < 4.78 is 28.9. The summed E-state index contributed by atoms with van der Waals surface area (Å²) in [5, 5.41) is 20.9. The van der Waals surface area contributed by atoms with Crippen LogP contribution in [0.2, 0.25) is 0 Å². The maximum atomic E-state index is 13.7. The van der Waals surface area contributed by atoms with Crippen LogP contribution in [0.1, 0.15) is 18.4 Å². The topological polar surface area (TPSA) is 94.0 Å². The minimum atomic E-state index is -3.77. The minimum Gasteiger partial charge on any atom is -0.508 e. The van der Waals surface area contributed by atoms with Crippen molar-refractivity contribution < 1.29 is 18.6 Å². The SMILES string of the molecule is CN(C(Cc1ccc(O)cc1)CN1CCC(O)CC1)S(=O)(=O)c1cccc2cnccc12. The zero-order chi connectivity index (χ0) is 22.7. The number of aromatic nitrogens is 1. The number of sulfonamides is 1. The second-order valence-electron chi connectivity index (χ2n) is 8.43. The third-order valence-electron chi connectivity index (χ3n) is 6.25. The summed E-state index contributed by atoms with van der Waals surface area (Å²) in [6.45, 7) is 2.04. The number of aromatic hydroxyl groups is 1. The molecule has 1 atom stereocenters. The summed E-state index contributed by atoms with van der Waals surface area (Å²) in [5.74, 6) is 0.181. The van der Waals surface area contributed by atoms with E-state index in [0.717, 1.165) is 24.0 Å². The molecular formula is C24H29N3O4S. The van der Waals surface area contributed by atoms with E-state index < -0.39 is 10.0 Å². The smallest absolute Gasteiger partial charge is 0.243 e. The Balaban J connectivity index is 1.65. The molecule has 1 aliphatic rings. The van der Waals surface area contributed by atoms with Crippen LogP contribution in [0.4, 0.5) is 0 Å². The number of fused-ring (bicyclic) bond motifs is 1. The standard InChI is InChI=1S/C24H29N3O4S/c1-26(32(30,31)24-4-2-3-19-16-25-12-9-23(19)24)20(15-18-5-7-21(28)8-6-18)17-27-13-10-22(29)11-14-27/h2-9,12,16,20,22,28-29H,10-11,13-15,17H2,1H3. The van der Waals surface area contributed by atoms with Crippen LogP contribution in [0.25, 0.3) is 10.8 Å². The van der Waals surface area contributed by atoms with Gasteiger partial charge in [0, 0.05) is 55.9 Å². The molecule has 4 rings (SSSR count). The van der Waals surface area contributed by atoms with Crippen LogP contribution < -0.4 is 0 Å². The largest absolute Gasteiger partial charge is 0.508 e. The van der Waals surface area contributed by atoms with E-state index in [2.05, 4.69) is 9.88 Å². The van der Waals surface area contributed by atoms with Gasteiger partial charge in [0.1, 0.15) is 5.75 Å². The van der Waals surface area contributed by atoms with E-state index in [4.69, 9.17) is 0 Å². The maximum absolute atomic E-state index is 13.7. The number of phenols is 1. The lowest BCUT2D eigenvalue weighted by atomic mass is 10.0. The first kappa shape index (κ1) is 22.7. The third-order valence-corrected chi connectivity index (χ3v) is 8.21. The highest BCUT2D eigenvalue weighted by Gasteiger charge is 2.31. The minimum absolute atomic E-state index is 0.181. The summed E-state index contributed by atoms with van der Waals surface area (Å²) in [7, 11) is -2.14. The molecule has 3 aromatic rings. The van der Waals surface area contributed by atoms with Crippen molar-refractivity contribution in [2.24, 2.45) is 0 Å². The Bertz CT molecular complexity index is 1150. The van der Waals surface area contributed by atoms with E-state index in [1.54, 1.807) is 49.8 Å². The van der Waals surface area contributed by atoms with Crippen LogP contribution in [0.15, 0.2) is 65.8 Å². The molecule has 0 amide bonds. The molecule has 2 aromatic carbocycles. The van der Waals surface area contributed by atoms with Crippen molar-refractivity contribution >= 4 is 20.8 Å². The number of phenolic OH excluding ortho intramolecular Hbond substituents is 1. The fourth-order valence-electron chi connectivity index (χ4n) is 4.28. The number of nitrogens with zero attached hydrogens (tertiary/aromatic N) is 3. The van der Waals surface area contributed by atoms with Crippen molar-refractivity contribution in [3.8, 4) is 5.75 Å². The lowest BCUT2D eigenvalue weighted by Gasteiger charge is -2.36. The molecule has 1 unspecified atom stereocenters.